The van der Waals surface area contributed by atoms with Gasteiger partial charge in [-0.15, -0.1) is 0 Å². The van der Waals surface area contributed by atoms with Gasteiger partial charge in [-0.05, 0) is 54.4 Å². The molecule has 1 aromatic heterocycles. The highest BCUT2D eigenvalue weighted by atomic mass is 35.5. The fourth-order valence-corrected chi connectivity index (χ4v) is 5.84. The van der Waals surface area contributed by atoms with Gasteiger partial charge in [0.15, 0.2) is 0 Å². The van der Waals surface area contributed by atoms with Crippen LogP contribution >= 0.6 is 22.9 Å². The van der Waals surface area contributed by atoms with Crippen LogP contribution in [0.5, 0.6) is 10.8 Å². The Hall–Kier alpha value is -3.43. The quantitative estimate of drug-likeness (QED) is 0.457. The predicted octanol–water partition coefficient (Wildman–Crippen LogP) is 4.45. The number of methoxy groups -OCH3 is 1. The Balaban J connectivity index is 1.30. The summed E-state index contributed by atoms with van der Waals surface area (Å²) in [6.45, 7) is 3.32. The molecule has 0 bridgehead atoms. The van der Waals surface area contributed by atoms with Crippen LogP contribution in [-0.4, -0.2) is 54.4 Å². The van der Waals surface area contributed by atoms with Gasteiger partial charge in [0.2, 0.25) is 16.9 Å². The van der Waals surface area contributed by atoms with E-state index in [0.29, 0.717) is 46.0 Å². The van der Waals surface area contributed by atoms with Gasteiger partial charge in [-0.25, -0.2) is 9.78 Å². The minimum absolute atomic E-state index is 0.0375. The van der Waals surface area contributed by atoms with E-state index in [4.69, 9.17) is 21.1 Å². The first-order valence-corrected chi connectivity index (χ1v) is 12.6. The summed E-state index contributed by atoms with van der Waals surface area (Å²) >= 11 is 7.61. The Morgan fingerprint density at radius 1 is 1.14 bits per heavy atom. The lowest BCUT2D eigenvalue weighted by molar-refractivity contribution is -0.127. The lowest BCUT2D eigenvalue weighted by Gasteiger charge is -2.25. The van der Waals surface area contributed by atoms with Crippen molar-refractivity contribution >= 4 is 46.4 Å². The number of anilines is 1. The third-order valence-corrected chi connectivity index (χ3v) is 7.82. The van der Waals surface area contributed by atoms with E-state index in [1.54, 1.807) is 48.4 Å². The number of carbonyl (C=O) groups excluding carboxylic acids is 3. The van der Waals surface area contributed by atoms with Gasteiger partial charge in [0, 0.05) is 42.7 Å². The second kappa shape index (κ2) is 9.55. The summed E-state index contributed by atoms with van der Waals surface area (Å²) in [6, 6.07) is 12.2. The van der Waals surface area contributed by atoms with Crippen molar-refractivity contribution in [3.05, 3.63) is 69.8 Å². The van der Waals surface area contributed by atoms with E-state index in [-0.39, 0.29) is 23.7 Å². The lowest BCUT2D eigenvalue weighted by Crippen LogP contribution is -2.40. The number of fused-ring (bicyclic) bond motifs is 2. The molecule has 2 aliphatic rings. The summed E-state index contributed by atoms with van der Waals surface area (Å²) in [5.74, 6) is 0.0996. The second-order valence-corrected chi connectivity index (χ2v) is 10.5. The molecule has 3 aromatic rings. The Bertz CT molecular complexity index is 1340. The van der Waals surface area contributed by atoms with Gasteiger partial charge in [-0.2, -0.15) is 0 Å². The first kappa shape index (κ1) is 24.3. The maximum Gasteiger partial charge on any atom is 0.337 e. The van der Waals surface area contributed by atoms with Crippen molar-refractivity contribution in [3.63, 3.8) is 0 Å². The SMILES string of the molecule is COC(=O)c1ccc(Oc2cnc(CC(=O)N3CC4(CCN(C(C)=O)C4)c4cc(Cl)ccc43)s2)cc1. The highest BCUT2D eigenvalue weighted by Gasteiger charge is 2.49. The van der Waals surface area contributed by atoms with Gasteiger partial charge < -0.3 is 19.3 Å². The topological polar surface area (TPSA) is 89.0 Å². The number of likely N-dealkylation sites (tertiary alicyclic amines) is 1. The zero-order valence-corrected chi connectivity index (χ0v) is 21.4. The average Bonchev–Trinajstić information content (AvgIpc) is 3.58. The number of ether oxygens (including phenoxy) is 2. The first-order chi connectivity index (χ1) is 17.3. The van der Waals surface area contributed by atoms with Crippen molar-refractivity contribution in [3.8, 4) is 10.8 Å². The molecular formula is C26H24ClN3O5S. The normalized spacial score (nSPS) is 18.4. The molecule has 3 heterocycles. The van der Waals surface area contributed by atoms with Crippen LogP contribution in [0.25, 0.3) is 0 Å². The number of benzene rings is 2. The molecule has 8 nitrogen and oxygen atoms in total. The lowest BCUT2D eigenvalue weighted by atomic mass is 9.81. The van der Waals surface area contributed by atoms with E-state index in [0.717, 1.165) is 17.7 Å². The van der Waals surface area contributed by atoms with E-state index in [9.17, 15) is 14.4 Å². The van der Waals surface area contributed by atoms with Crippen molar-refractivity contribution in [2.24, 2.45) is 0 Å². The van der Waals surface area contributed by atoms with Gasteiger partial charge in [0.05, 0.1) is 25.3 Å². The van der Waals surface area contributed by atoms with E-state index >= 15 is 0 Å². The second-order valence-electron chi connectivity index (χ2n) is 8.98. The van der Waals surface area contributed by atoms with Gasteiger partial charge in [0.1, 0.15) is 10.8 Å². The van der Waals surface area contributed by atoms with Crippen LogP contribution in [0.3, 0.4) is 0 Å². The monoisotopic (exact) mass is 525 g/mol. The van der Waals surface area contributed by atoms with Crippen LogP contribution in [-0.2, 0) is 26.2 Å². The Morgan fingerprint density at radius 3 is 2.61 bits per heavy atom. The molecule has 0 N–H and O–H groups in total. The number of hydrogen-bond donors (Lipinski definition) is 0. The third kappa shape index (κ3) is 4.56. The summed E-state index contributed by atoms with van der Waals surface area (Å²) in [5, 5.41) is 1.79. The number of hydrogen-bond acceptors (Lipinski definition) is 7. The number of nitrogens with zero attached hydrogens (tertiary/aromatic N) is 3. The molecule has 36 heavy (non-hydrogen) atoms. The van der Waals surface area contributed by atoms with Crippen LogP contribution < -0.4 is 9.64 Å². The van der Waals surface area contributed by atoms with Gasteiger partial charge in [0.25, 0.3) is 0 Å². The molecule has 1 unspecified atom stereocenters. The van der Waals surface area contributed by atoms with Crippen LogP contribution in [0.4, 0.5) is 5.69 Å². The highest BCUT2D eigenvalue weighted by Crippen LogP contribution is 2.47. The molecule has 2 aromatic carbocycles. The molecule has 0 aliphatic carbocycles. The van der Waals surface area contributed by atoms with E-state index in [2.05, 4.69) is 4.98 Å². The molecule has 1 fully saturated rings. The maximum atomic E-state index is 13.4. The Labute approximate surface area is 217 Å². The van der Waals surface area contributed by atoms with E-state index < -0.39 is 5.97 Å². The standard InChI is InChI=1S/C26H24ClN3O5S/c1-16(31)29-10-9-26(14-29)15-30(21-8-5-18(27)11-20(21)26)23(32)12-22-28-13-24(36-22)35-19-6-3-17(4-7-19)25(33)34-2/h3-8,11,13H,9-10,12,14-15H2,1-2H3. The zero-order valence-electron chi connectivity index (χ0n) is 19.8. The van der Waals surface area contributed by atoms with E-state index in [1.165, 1.54) is 18.4 Å². The van der Waals surface area contributed by atoms with Crippen molar-refractivity contribution in [1.29, 1.82) is 0 Å². The Kier molecular flexibility index (Phi) is 6.44. The molecule has 2 amide bonds. The maximum absolute atomic E-state index is 13.4. The molecule has 10 heteroatoms. The molecule has 1 spiro atoms. The van der Waals surface area contributed by atoms with Crippen LogP contribution in [0.2, 0.25) is 5.02 Å². The molecular weight excluding hydrogens is 502 g/mol. The average molecular weight is 526 g/mol. The minimum atomic E-state index is -0.417. The molecule has 1 saturated heterocycles. The van der Waals surface area contributed by atoms with Crippen molar-refractivity contribution in [1.82, 2.24) is 9.88 Å². The predicted molar refractivity (Wildman–Crippen MR) is 136 cm³/mol. The fraction of sp³-hybridized carbons (Fsp3) is 0.308. The smallest absolute Gasteiger partial charge is 0.337 e. The summed E-state index contributed by atoms with van der Waals surface area (Å²) < 4.78 is 10.5. The number of amides is 2. The molecule has 5 rings (SSSR count). The summed E-state index contributed by atoms with van der Waals surface area (Å²) in [5.41, 5.74) is 1.98. The molecule has 186 valence electrons. The van der Waals surface area contributed by atoms with Crippen molar-refractivity contribution < 1.29 is 23.9 Å². The van der Waals surface area contributed by atoms with Crippen LogP contribution in [0.1, 0.15) is 34.3 Å². The number of aromatic nitrogens is 1. The number of esters is 1. The minimum Gasteiger partial charge on any atom is -0.465 e. The molecule has 0 saturated carbocycles. The summed E-state index contributed by atoms with van der Waals surface area (Å²) in [4.78, 5) is 45.0. The number of rotatable bonds is 5. The van der Waals surface area contributed by atoms with Gasteiger partial charge >= 0.3 is 5.97 Å². The Morgan fingerprint density at radius 2 is 1.92 bits per heavy atom. The largest absolute Gasteiger partial charge is 0.465 e. The number of carbonyl (C=O) groups is 3. The highest BCUT2D eigenvalue weighted by molar-refractivity contribution is 7.13. The molecule has 0 radical (unpaired) electrons. The summed E-state index contributed by atoms with van der Waals surface area (Å²) in [7, 11) is 1.33. The number of thiazole rings is 1. The third-order valence-electron chi connectivity index (χ3n) is 6.71. The summed E-state index contributed by atoms with van der Waals surface area (Å²) in [6.07, 6.45) is 2.50. The van der Waals surface area contributed by atoms with Gasteiger partial charge in [-0.1, -0.05) is 22.9 Å². The first-order valence-electron chi connectivity index (χ1n) is 11.4. The molecule has 1 atom stereocenters. The van der Waals surface area contributed by atoms with E-state index in [1.807, 2.05) is 17.0 Å². The zero-order chi connectivity index (χ0) is 25.4. The fourth-order valence-electron chi connectivity index (χ4n) is 4.89. The van der Waals surface area contributed by atoms with Crippen LogP contribution in [0.15, 0.2) is 48.7 Å². The van der Waals surface area contributed by atoms with Crippen molar-refractivity contribution in [2.45, 2.75) is 25.2 Å². The van der Waals surface area contributed by atoms with Crippen LogP contribution in [0, 0.1) is 0 Å². The van der Waals surface area contributed by atoms with Gasteiger partial charge in [-0.3, -0.25) is 9.59 Å². The number of halogens is 1. The van der Waals surface area contributed by atoms with Crippen molar-refractivity contribution in [2.75, 3.05) is 31.6 Å². The molecule has 2 aliphatic heterocycles.